The molecule has 0 saturated heterocycles. The molecule has 0 spiro atoms. The van der Waals surface area contributed by atoms with Crippen LogP contribution in [0.5, 0.6) is 0 Å². The van der Waals surface area contributed by atoms with E-state index in [1.165, 1.54) is 11.8 Å². The van der Waals surface area contributed by atoms with Crippen LogP contribution in [0.15, 0.2) is 96.2 Å². The van der Waals surface area contributed by atoms with Gasteiger partial charge in [0.2, 0.25) is 5.91 Å². The Morgan fingerprint density at radius 1 is 0.879 bits per heavy atom. The summed E-state index contributed by atoms with van der Waals surface area (Å²) in [6.45, 7) is 1.86. The first-order chi connectivity index (χ1) is 16.1. The lowest BCUT2D eigenvalue weighted by Crippen LogP contribution is -2.28. The monoisotopic (exact) mass is 457 g/mol. The van der Waals surface area contributed by atoms with Crippen LogP contribution in [0.3, 0.4) is 0 Å². The second-order valence-electron chi connectivity index (χ2n) is 7.28. The Labute approximate surface area is 196 Å². The van der Waals surface area contributed by atoms with E-state index in [2.05, 4.69) is 20.8 Å². The van der Waals surface area contributed by atoms with Crippen LogP contribution < -0.4 is 10.6 Å². The normalized spacial score (nSPS) is 11.5. The number of thioether (sulfide) groups is 1. The average Bonchev–Trinajstić information content (AvgIpc) is 3.28. The summed E-state index contributed by atoms with van der Waals surface area (Å²) in [5.74, 6) is 0.421. The molecule has 1 atom stereocenters. The molecule has 4 rings (SSSR count). The highest BCUT2D eigenvalue weighted by Crippen LogP contribution is 2.25. The Hall–Kier alpha value is -3.91. The smallest absolute Gasteiger partial charge is 0.251 e. The first-order valence-electron chi connectivity index (χ1n) is 10.5. The molecule has 0 bridgehead atoms. The summed E-state index contributed by atoms with van der Waals surface area (Å²) in [5.41, 5.74) is 2.16. The lowest BCUT2D eigenvalue weighted by molar-refractivity contribution is -0.113. The third kappa shape index (κ3) is 5.67. The molecule has 4 aromatic rings. The van der Waals surface area contributed by atoms with Crippen LogP contribution in [0.25, 0.3) is 5.69 Å². The molecule has 8 heteroatoms. The van der Waals surface area contributed by atoms with Crippen LogP contribution in [0, 0.1) is 0 Å². The Kier molecular flexibility index (Phi) is 7.16. The van der Waals surface area contributed by atoms with Crippen molar-refractivity contribution in [2.75, 3.05) is 11.1 Å². The van der Waals surface area contributed by atoms with E-state index in [9.17, 15) is 9.59 Å². The van der Waals surface area contributed by atoms with Gasteiger partial charge in [-0.05, 0) is 43.3 Å². The van der Waals surface area contributed by atoms with Crippen LogP contribution in [0.1, 0.15) is 29.1 Å². The van der Waals surface area contributed by atoms with Crippen molar-refractivity contribution in [1.82, 2.24) is 20.1 Å². The molecule has 1 unspecified atom stereocenters. The second kappa shape index (κ2) is 10.6. The van der Waals surface area contributed by atoms with E-state index >= 15 is 0 Å². The quantitative estimate of drug-likeness (QED) is 0.381. The summed E-state index contributed by atoms with van der Waals surface area (Å²) in [5, 5.41) is 15.1. The predicted molar refractivity (Wildman–Crippen MR) is 129 cm³/mol. The molecule has 0 saturated carbocycles. The van der Waals surface area contributed by atoms with E-state index in [1.54, 1.807) is 12.1 Å². The van der Waals surface area contributed by atoms with Gasteiger partial charge in [-0.2, -0.15) is 0 Å². The van der Waals surface area contributed by atoms with E-state index in [4.69, 9.17) is 0 Å². The first-order valence-corrected chi connectivity index (χ1v) is 11.4. The van der Waals surface area contributed by atoms with Crippen LogP contribution in [0.2, 0.25) is 0 Å². The predicted octanol–water partition coefficient (Wildman–Crippen LogP) is 4.49. The standard InChI is InChI=1S/C25H23N5O2S/c1-18(26-24(32)19-11-5-2-6-12-19)23-28-29-25(30(23)21-15-9-4-10-16-21)33-17-22(31)27-20-13-7-3-8-14-20/h2-16,18H,17H2,1H3,(H,26,32)(H,27,31). The number of benzene rings is 3. The van der Waals surface area contributed by atoms with Gasteiger partial charge in [0.1, 0.15) is 0 Å². The van der Waals surface area contributed by atoms with Gasteiger partial charge in [-0.3, -0.25) is 14.2 Å². The number of rotatable bonds is 8. The number of hydrogen-bond donors (Lipinski definition) is 2. The number of nitrogens with zero attached hydrogens (tertiary/aromatic N) is 3. The van der Waals surface area contributed by atoms with Gasteiger partial charge in [-0.25, -0.2) is 0 Å². The number of amides is 2. The topological polar surface area (TPSA) is 88.9 Å². The number of carbonyl (C=O) groups is 2. The highest BCUT2D eigenvalue weighted by atomic mass is 32.2. The van der Waals surface area contributed by atoms with Gasteiger partial charge in [-0.1, -0.05) is 66.4 Å². The molecular weight excluding hydrogens is 434 g/mol. The summed E-state index contributed by atoms with van der Waals surface area (Å²) < 4.78 is 1.87. The van der Waals surface area contributed by atoms with Crippen molar-refractivity contribution in [2.24, 2.45) is 0 Å². The number of nitrogens with one attached hydrogen (secondary N) is 2. The molecule has 2 N–H and O–H groups in total. The molecule has 1 aromatic heterocycles. The zero-order chi connectivity index (χ0) is 23.0. The summed E-state index contributed by atoms with van der Waals surface area (Å²) in [7, 11) is 0. The number of hydrogen-bond acceptors (Lipinski definition) is 5. The van der Waals surface area contributed by atoms with Crippen molar-refractivity contribution in [3.63, 3.8) is 0 Å². The molecule has 166 valence electrons. The zero-order valence-corrected chi connectivity index (χ0v) is 18.8. The van der Waals surface area contributed by atoms with Gasteiger partial charge in [0, 0.05) is 16.9 Å². The Balaban J connectivity index is 1.53. The average molecular weight is 458 g/mol. The Morgan fingerprint density at radius 2 is 1.48 bits per heavy atom. The van der Waals surface area contributed by atoms with Crippen LogP contribution in [-0.4, -0.2) is 32.3 Å². The highest BCUT2D eigenvalue weighted by molar-refractivity contribution is 7.99. The fraction of sp³-hybridized carbons (Fsp3) is 0.120. The van der Waals surface area contributed by atoms with Crippen LogP contribution in [-0.2, 0) is 4.79 Å². The lowest BCUT2D eigenvalue weighted by Gasteiger charge is -2.16. The molecule has 3 aromatic carbocycles. The highest BCUT2D eigenvalue weighted by Gasteiger charge is 2.22. The van der Waals surface area contributed by atoms with E-state index < -0.39 is 6.04 Å². The minimum atomic E-state index is -0.405. The first kappa shape index (κ1) is 22.3. The van der Waals surface area contributed by atoms with Crippen molar-refractivity contribution in [2.45, 2.75) is 18.1 Å². The van der Waals surface area contributed by atoms with Crippen LogP contribution in [0.4, 0.5) is 5.69 Å². The second-order valence-corrected chi connectivity index (χ2v) is 8.22. The van der Waals surface area contributed by atoms with Crippen molar-refractivity contribution in [3.05, 3.63) is 102 Å². The Bertz CT molecular complexity index is 1210. The SMILES string of the molecule is CC(NC(=O)c1ccccc1)c1nnc(SCC(=O)Nc2ccccc2)n1-c1ccccc1. The number of anilines is 1. The fourth-order valence-corrected chi connectivity index (χ4v) is 4.02. The molecule has 0 radical (unpaired) electrons. The van der Waals surface area contributed by atoms with Crippen molar-refractivity contribution in [1.29, 1.82) is 0 Å². The molecule has 0 aliphatic rings. The maximum atomic E-state index is 12.6. The van der Waals surface area contributed by atoms with Gasteiger partial charge >= 0.3 is 0 Å². The minimum Gasteiger partial charge on any atom is -0.342 e. The van der Waals surface area contributed by atoms with Crippen molar-refractivity contribution < 1.29 is 9.59 Å². The summed E-state index contributed by atoms with van der Waals surface area (Å²) in [6, 6.07) is 27.6. The molecule has 0 fully saturated rings. The van der Waals surface area contributed by atoms with E-state index in [-0.39, 0.29) is 17.6 Å². The van der Waals surface area contributed by atoms with E-state index in [0.29, 0.717) is 16.5 Å². The molecule has 7 nitrogen and oxygen atoms in total. The number of para-hydroxylation sites is 2. The third-order valence-electron chi connectivity index (χ3n) is 4.83. The van der Waals surface area contributed by atoms with Crippen molar-refractivity contribution in [3.8, 4) is 5.69 Å². The molecule has 2 amide bonds. The summed E-state index contributed by atoms with van der Waals surface area (Å²) in [6.07, 6.45) is 0. The number of carbonyl (C=O) groups excluding carboxylic acids is 2. The molecule has 0 aliphatic heterocycles. The maximum absolute atomic E-state index is 12.6. The largest absolute Gasteiger partial charge is 0.342 e. The van der Waals surface area contributed by atoms with Gasteiger partial charge in [0.05, 0.1) is 11.8 Å². The van der Waals surface area contributed by atoms with Gasteiger partial charge in [-0.15, -0.1) is 10.2 Å². The van der Waals surface area contributed by atoms with Gasteiger partial charge < -0.3 is 10.6 Å². The molecule has 1 heterocycles. The van der Waals surface area contributed by atoms with Crippen LogP contribution >= 0.6 is 11.8 Å². The third-order valence-corrected chi connectivity index (χ3v) is 5.76. The van der Waals surface area contributed by atoms with Gasteiger partial charge in [0.25, 0.3) is 5.91 Å². The summed E-state index contributed by atoms with van der Waals surface area (Å²) >= 11 is 1.29. The lowest BCUT2D eigenvalue weighted by atomic mass is 10.2. The Morgan fingerprint density at radius 3 is 2.15 bits per heavy atom. The molecular formula is C25H23N5O2S. The number of aromatic nitrogens is 3. The van der Waals surface area contributed by atoms with Gasteiger partial charge in [0.15, 0.2) is 11.0 Å². The van der Waals surface area contributed by atoms with Crippen molar-refractivity contribution >= 4 is 29.3 Å². The zero-order valence-electron chi connectivity index (χ0n) is 18.0. The fourth-order valence-electron chi connectivity index (χ4n) is 3.26. The molecule has 0 aliphatic carbocycles. The minimum absolute atomic E-state index is 0.138. The molecule has 33 heavy (non-hydrogen) atoms. The summed E-state index contributed by atoms with van der Waals surface area (Å²) in [4.78, 5) is 25.1. The van der Waals surface area contributed by atoms with E-state index in [0.717, 1.165) is 11.4 Å². The maximum Gasteiger partial charge on any atom is 0.251 e. The van der Waals surface area contributed by atoms with E-state index in [1.807, 2.05) is 90.4 Å².